The maximum atomic E-state index is 14.7. The van der Waals surface area contributed by atoms with Gasteiger partial charge in [-0.1, -0.05) is 60.7 Å². The lowest BCUT2D eigenvalue weighted by atomic mass is 9.70. The summed E-state index contributed by atoms with van der Waals surface area (Å²) in [6, 6.07) is 13.4. The monoisotopic (exact) mass is 657 g/mol. The molecule has 0 saturated carbocycles. The number of benzene rings is 2. The summed E-state index contributed by atoms with van der Waals surface area (Å²) in [4.78, 5) is 60.9. The van der Waals surface area contributed by atoms with Gasteiger partial charge in [-0.3, -0.25) is 19.2 Å². The van der Waals surface area contributed by atoms with Gasteiger partial charge < -0.3 is 29.3 Å². The van der Waals surface area contributed by atoms with E-state index < -0.39 is 53.6 Å². The zero-order valence-corrected chi connectivity index (χ0v) is 28.3. The number of aliphatic hydroxyl groups is 1. The second kappa shape index (κ2) is 14.5. The Morgan fingerprint density at radius 3 is 2.42 bits per heavy atom. The van der Waals surface area contributed by atoms with Crippen molar-refractivity contribution in [1.82, 2.24) is 9.80 Å². The number of anilines is 1. The number of nitrogens with zero attached hydrogens (tertiary/aromatic N) is 3. The maximum Gasteiger partial charge on any atom is 0.313 e. The molecule has 0 aromatic heterocycles. The van der Waals surface area contributed by atoms with Crippen LogP contribution in [-0.4, -0.2) is 89.1 Å². The third-order valence-electron chi connectivity index (χ3n) is 10.3. The van der Waals surface area contributed by atoms with E-state index in [1.54, 1.807) is 29.0 Å². The highest BCUT2D eigenvalue weighted by molar-refractivity contribution is 6.05. The normalized spacial score (nSPS) is 25.3. The van der Waals surface area contributed by atoms with Crippen LogP contribution in [-0.2, 0) is 28.7 Å². The number of β-amino-alcohol motifs (C(OH)–C–C–N with tert-alkyl or cyclic N) is 1. The molecule has 0 aliphatic carbocycles. The van der Waals surface area contributed by atoms with Crippen molar-refractivity contribution in [3.05, 3.63) is 90.5 Å². The van der Waals surface area contributed by atoms with Crippen LogP contribution in [0, 0.1) is 25.7 Å². The second-order valence-corrected chi connectivity index (χ2v) is 13.1. The number of carbonyl (C=O) groups excluding carboxylic acids is 4. The van der Waals surface area contributed by atoms with Gasteiger partial charge in [-0.25, -0.2) is 0 Å². The first-order valence-corrected chi connectivity index (χ1v) is 16.7. The molecule has 1 spiro atoms. The van der Waals surface area contributed by atoms with E-state index in [0.29, 0.717) is 24.8 Å². The number of carbonyl (C=O) groups is 4. The number of para-hydroxylation sites is 1. The molecule has 3 fully saturated rings. The fourth-order valence-electron chi connectivity index (χ4n) is 7.97. The predicted octanol–water partition coefficient (Wildman–Crippen LogP) is 4.29. The van der Waals surface area contributed by atoms with Crippen LogP contribution in [0.4, 0.5) is 5.69 Å². The number of aliphatic hydroxyl groups excluding tert-OH is 1. The summed E-state index contributed by atoms with van der Waals surface area (Å²) in [7, 11) is 1.68. The van der Waals surface area contributed by atoms with Crippen LogP contribution in [0.2, 0.25) is 0 Å². The zero-order valence-electron chi connectivity index (χ0n) is 28.3. The van der Waals surface area contributed by atoms with Crippen LogP contribution in [0.1, 0.15) is 55.4 Å². The topological polar surface area (TPSA) is 117 Å². The molecule has 3 heterocycles. The van der Waals surface area contributed by atoms with Gasteiger partial charge in [-0.15, -0.1) is 13.2 Å². The molecule has 10 nitrogen and oxygen atoms in total. The lowest BCUT2D eigenvalue weighted by molar-refractivity contribution is -0.164. The number of esters is 1. The van der Waals surface area contributed by atoms with E-state index in [9.17, 15) is 24.3 Å². The van der Waals surface area contributed by atoms with Gasteiger partial charge >= 0.3 is 5.97 Å². The van der Waals surface area contributed by atoms with Crippen molar-refractivity contribution in [2.45, 2.75) is 76.3 Å². The molecule has 2 bridgehead atoms. The van der Waals surface area contributed by atoms with Crippen molar-refractivity contribution in [1.29, 1.82) is 0 Å². The number of likely N-dealkylation sites (N-methyl/N-ethyl adjacent to an activating group) is 1. The van der Waals surface area contributed by atoms with Gasteiger partial charge in [0.25, 0.3) is 5.91 Å². The smallest absolute Gasteiger partial charge is 0.313 e. The minimum absolute atomic E-state index is 0.0841. The average Bonchev–Trinajstić information content (AvgIpc) is 3.72. The number of allylic oxidation sites excluding steroid dienone is 1. The van der Waals surface area contributed by atoms with Crippen molar-refractivity contribution in [3.8, 4) is 0 Å². The summed E-state index contributed by atoms with van der Waals surface area (Å²) in [5.74, 6) is -3.40. The number of hydrogen-bond donors (Lipinski definition) is 1. The molecule has 3 amide bonds. The quantitative estimate of drug-likeness (QED) is 0.238. The Balaban J connectivity index is 1.49. The molecular formula is C38H47N3O7. The minimum Gasteiger partial charge on any atom is -0.455 e. The Kier molecular flexibility index (Phi) is 10.6. The molecular weight excluding hydrogens is 610 g/mol. The largest absolute Gasteiger partial charge is 0.455 e. The van der Waals surface area contributed by atoms with E-state index in [1.807, 2.05) is 69.3 Å². The first-order chi connectivity index (χ1) is 23.0. The van der Waals surface area contributed by atoms with E-state index in [-0.39, 0.29) is 37.9 Å². The molecule has 0 radical (unpaired) electrons. The predicted molar refractivity (Wildman–Crippen MR) is 182 cm³/mol. The summed E-state index contributed by atoms with van der Waals surface area (Å²) < 4.78 is 12.9. The van der Waals surface area contributed by atoms with E-state index in [4.69, 9.17) is 9.47 Å². The van der Waals surface area contributed by atoms with Crippen LogP contribution in [0.15, 0.2) is 73.8 Å². The van der Waals surface area contributed by atoms with Gasteiger partial charge in [0.1, 0.15) is 17.7 Å². The molecule has 7 atom stereocenters. The summed E-state index contributed by atoms with van der Waals surface area (Å²) in [6.45, 7) is 13.0. The Morgan fingerprint density at radius 2 is 1.79 bits per heavy atom. The molecule has 10 heteroatoms. The SMILES string of the molecule is C=CCCC(=O)N(C)[C@H](C)[C@H](OC(=O)[C@@H]1[C@H]2C(=O)N(CCO)[C@H](C(=O)N(CC=C)c3c(C)cccc3C)[C@]23CC[C@H]1O3)c1ccccc1. The summed E-state index contributed by atoms with van der Waals surface area (Å²) in [6.07, 6.45) is 3.57. The number of aryl methyl sites for hydroxylation is 2. The molecule has 3 saturated heterocycles. The number of ether oxygens (including phenoxy) is 2. The molecule has 3 aliphatic heterocycles. The maximum absolute atomic E-state index is 14.7. The van der Waals surface area contributed by atoms with Crippen LogP contribution in [0.3, 0.4) is 0 Å². The highest BCUT2D eigenvalue weighted by atomic mass is 16.6. The standard InChI is InChI=1S/C38H47N3O7/c1-7-9-18-29(43)39(6)26(5)33(27-16-11-10-12-17-27)47-37(46)30-28-19-20-38(48-28)31(30)35(44)41(22-23-42)34(38)36(45)40(21-8-2)32-24(3)14-13-15-25(32)4/h7-8,10-17,26,28,30-31,33-34,42H,1-2,9,18-23H2,3-6H3/t26-,28-,30+,31+,33+,34-,38+/m1/s1. The van der Waals surface area contributed by atoms with Gasteiger partial charge in [0.05, 0.1) is 30.6 Å². The average molecular weight is 658 g/mol. The lowest BCUT2D eigenvalue weighted by Gasteiger charge is -2.37. The summed E-state index contributed by atoms with van der Waals surface area (Å²) in [5, 5.41) is 10.0. The van der Waals surface area contributed by atoms with Crippen LogP contribution < -0.4 is 4.90 Å². The van der Waals surface area contributed by atoms with E-state index in [1.165, 1.54) is 4.90 Å². The number of fused-ring (bicyclic) bond motifs is 1. The lowest BCUT2D eigenvalue weighted by Crippen LogP contribution is -2.57. The third kappa shape index (κ3) is 6.07. The highest BCUT2D eigenvalue weighted by Crippen LogP contribution is 2.59. The number of hydrogen-bond acceptors (Lipinski definition) is 7. The van der Waals surface area contributed by atoms with Gasteiger partial charge in [-0.2, -0.15) is 0 Å². The fraction of sp³-hybridized carbons (Fsp3) is 0.474. The molecule has 3 aliphatic rings. The Hall–Kier alpha value is -4.28. The van der Waals surface area contributed by atoms with Crippen LogP contribution in [0.5, 0.6) is 0 Å². The molecule has 5 rings (SSSR count). The van der Waals surface area contributed by atoms with Crippen LogP contribution >= 0.6 is 0 Å². The first-order valence-electron chi connectivity index (χ1n) is 16.7. The fourth-order valence-corrected chi connectivity index (χ4v) is 7.97. The van der Waals surface area contributed by atoms with E-state index in [0.717, 1.165) is 16.8 Å². The number of rotatable bonds is 14. The van der Waals surface area contributed by atoms with E-state index in [2.05, 4.69) is 13.2 Å². The van der Waals surface area contributed by atoms with E-state index >= 15 is 0 Å². The Bertz CT molecular complexity index is 1540. The van der Waals surface area contributed by atoms with Crippen molar-refractivity contribution in [3.63, 3.8) is 0 Å². The van der Waals surface area contributed by atoms with Gasteiger partial charge in [0, 0.05) is 32.2 Å². The van der Waals surface area contributed by atoms with Crippen molar-refractivity contribution >= 4 is 29.4 Å². The molecule has 2 aromatic rings. The summed E-state index contributed by atoms with van der Waals surface area (Å²) >= 11 is 0. The summed E-state index contributed by atoms with van der Waals surface area (Å²) in [5.41, 5.74) is 1.96. The first kappa shape index (κ1) is 35.0. The molecule has 0 unspecified atom stereocenters. The third-order valence-corrected chi connectivity index (χ3v) is 10.3. The molecule has 256 valence electrons. The van der Waals surface area contributed by atoms with Crippen molar-refractivity contribution in [2.24, 2.45) is 11.8 Å². The van der Waals surface area contributed by atoms with Gasteiger partial charge in [0.15, 0.2) is 0 Å². The van der Waals surface area contributed by atoms with Crippen molar-refractivity contribution < 1.29 is 33.8 Å². The molecule has 1 N–H and O–H groups in total. The zero-order chi connectivity index (χ0) is 34.7. The van der Waals surface area contributed by atoms with Crippen molar-refractivity contribution in [2.75, 3.05) is 31.6 Å². The minimum atomic E-state index is -1.26. The molecule has 2 aromatic carbocycles. The van der Waals surface area contributed by atoms with Crippen LogP contribution in [0.25, 0.3) is 0 Å². The number of amides is 3. The molecule has 48 heavy (non-hydrogen) atoms. The Labute approximate surface area is 283 Å². The highest BCUT2D eigenvalue weighted by Gasteiger charge is 2.75. The second-order valence-electron chi connectivity index (χ2n) is 13.1. The Morgan fingerprint density at radius 1 is 1.10 bits per heavy atom. The number of likely N-dealkylation sites (tertiary alicyclic amines) is 1. The van der Waals surface area contributed by atoms with Gasteiger partial charge in [-0.05, 0) is 56.7 Å². The van der Waals surface area contributed by atoms with Gasteiger partial charge in [0.2, 0.25) is 11.8 Å².